The molecule has 0 unspecified atom stereocenters. The third kappa shape index (κ3) is 6.23. The first-order valence-corrected chi connectivity index (χ1v) is 11.4. The monoisotopic (exact) mass is 393 g/mol. The zero-order chi connectivity index (χ0) is 20.8. The molecule has 0 bridgehead atoms. The number of carboxylic acids is 1. The van der Waals surface area contributed by atoms with Crippen molar-refractivity contribution in [3.63, 3.8) is 0 Å². The number of carboxylic acid groups (broad SMARTS) is 1. The number of hydrogen-bond acceptors (Lipinski definition) is 4. The van der Waals surface area contributed by atoms with Gasteiger partial charge in [-0.05, 0) is 37.4 Å². The first-order chi connectivity index (χ1) is 11.8. The van der Waals surface area contributed by atoms with Crippen LogP contribution in [0.4, 0.5) is 9.18 Å². The summed E-state index contributed by atoms with van der Waals surface area (Å²) < 4.78 is 25.5. The van der Waals surface area contributed by atoms with Crippen molar-refractivity contribution in [3.8, 4) is 0 Å². The van der Waals surface area contributed by atoms with Gasteiger partial charge in [0.15, 0.2) is 6.10 Å². The van der Waals surface area contributed by atoms with E-state index in [9.17, 15) is 19.1 Å². The van der Waals surface area contributed by atoms with Crippen LogP contribution in [0.2, 0.25) is 16.6 Å². The molecule has 0 spiro atoms. The molecule has 1 amide bonds. The summed E-state index contributed by atoms with van der Waals surface area (Å²) in [5.74, 6) is -1.29. The van der Waals surface area contributed by atoms with Crippen LogP contribution >= 0.6 is 0 Å². The minimum atomic E-state index is -2.58. The van der Waals surface area contributed by atoms with Gasteiger partial charge in [-0.3, -0.25) is 0 Å². The number of halogens is 1. The summed E-state index contributed by atoms with van der Waals surface area (Å²) in [7, 11) is -2.58. The van der Waals surface area contributed by atoms with Gasteiger partial charge in [0.25, 0.3) is 0 Å². The van der Waals surface area contributed by atoms with Gasteiger partial charge in [-0.2, -0.15) is 0 Å². The van der Waals surface area contributed by atoms with E-state index in [1.54, 1.807) is 13.8 Å². The van der Waals surface area contributed by atoms with Crippen LogP contribution in [0.15, 0.2) is 0 Å². The number of alkyl carbamates (subject to hydrolysis) is 1. The molecular formula is C18H36FNO5Si. The molecule has 0 aromatic carbocycles. The average molecular weight is 394 g/mol. The summed E-state index contributed by atoms with van der Waals surface area (Å²) in [5, 5.41) is 12.1. The highest BCUT2D eigenvalue weighted by Gasteiger charge is 2.50. The predicted molar refractivity (Wildman–Crippen MR) is 103 cm³/mol. The standard InChI is InChI=1S/C18H36FNO5Si/c1-10(2)24-18(23)20-15(14(9)19)16(17(21)22)25-26(11(3)4,12(5)6)13(7)8/h10-16H,1-9H3,(H,20,23)(H,21,22)/t14-,15-,16+/m0/s1. The van der Waals surface area contributed by atoms with E-state index in [0.717, 1.165) is 0 Å². The summed E-state index contributed by atoms with van der Waals surface area (Å²) in [6, 6.07) is -1.33. The molecule has 0 saturated heterocycles. The Hall–Kier alpha value is -1.15. The number of carbonyl (C=O) groups is 2. The Labute approximate surface area is 158 Å². The SMILES string of the molecule is CC(C)OC(=O)N[C@@H]([C@H](C)F)[C@@H](O[Si](C(C)C)(C(C)C)C(C)C)C(=O)O. The molecular weight excluding hydrogens is 357 g/mol. The number of hydrogen-bond donors (Lipinski definition) is 2. The Balaban J connectivity index is 5.83. The van der Waals surface area contributed by atoms with Gasteiger partial charge < -0.3 is 19.6 Å². The number of ether oxygens (including phenoxy) is 1. The van der Waals surface area contributed by atoms with E-state index in [4.69, 9.17) is 9.16 Å². The number of alkyl halides is 1. The molecule has 3 atom stereocenters. The zero-order valence-electron chi connectivity index (χ0n) is 17.5. The normalized spacial score (nSPS) is 16.1. The summed E-state index contributed by atoms with van der Waals surface area (Å²) in [6.45, 7) is 16.6. The molecule has 2 N–H and O–H groups in total. The fourth-order valence-corrected chi connectivity index (χ4v) is 9.22. The molecule has 0 heterocycles. The van der Waals surface area contributed by atoms with E-state index in [1.807, 2.05) is 41.5 Å². The molecule has 0 saturated carbocycles. The predicted octanol–water partition coefficient (Wildman–Crippen LogP) is 4.49. The second-order valence-electron chi connectivity index (χ2n) is 8.00. The summed E-state index contributed by atoms with van der Waals surface area (Å²) >= 11 is 0. The summed E-state index contributed by atoms with van der Waals surface area (Å²) in [4.78, 5) is 23.9. The fourth-order valence-electron chi connectivity index (χ4n) is 3.72. The van der Waals surface area contributed by atoms with Crippen LogP contribution in [0.1, 0.15) is 62.3 Å². The van der Waals surface area contributed by atoms with Gasteiger partial charge in [0.05, 0.1) is 12.1 Å². The van der Waals surface area contributed by atoms with Crippen LogP contribution in [0.5, 0.6) is 0 Å². The Morgan fingerprint density at radius 3 is 1.62 bits per heavy atom. The van der Waals surface area contributed by atoms with E-state index in [1.165, 1.54) is 6.92 Å². The van der Waals surface area contributed by atoms with E-state index in [0.29, 0.717) is 0 Å². The Bertz CT molecular complexity index is 447. The molecule has 0 aromatic rings. The van der Waals surface area contributed by atoms with Crippen molar-refractivity contribution in [3.05, 3.63) is 0 Å². The van der Waals surface area contributed by atoms with Crippen LogP contribution < -0.4 is 5.32 Å². The molecule has 8 heteroatoms. The van der Waals surface area contributed by atoms with Crippen LogP contribution in [-0.2, 0) is 14.0 Å². The number of rotatable bonds is 10. The lowest BCUT2D eigenvalue weighted by Crippen LogP contribution is -2.59. The van der Waals surface area contributed by atoms with Crippen LogP contribution in [0.25, 0.3) is 0 Å². The molecule has 0 aromatic heterocycles. The topological polar surface area (TPSA) is 84.9 Å². The number of amides is 1. The molecule has 0 radical (unpaired) electrons. The Morgan fingerprint density at radius 1 is 0.923 bits per heavy atom. The maximum atomic E-state index is 14.3. The van der Waals surface area contributed by atoms with E-state index in [2.05, 4.69) is 5.32 Å². The van der Waals surface area contributed by atoms with Crippen molar-refractivity contribution in [1.82, 2.24) is 5.32 Å². The van der Waals surface area contributed by atoms with Crippen LogP contribution in [0.3, 0.4) is 0 Å². The minimum Gasteiger partial charge on any atom is -0.479 e. The minimum absolute atomic E-state index is 0.127. The highest BCUT2D eigenvalue weighted by atomic mass is 28.4. The number of carbonyl (C=O) groups excluding carboxylic acids is 1. The third-order valence-corrected chi connectivity index (χ3v) is 10.8. The molecule has 0 fully saturated rings. The largest absolute Gasteiger partial charge is 0.479 e. The smallest absolute Gasteiger partial charge is 0.407 e. The van der Waals surface area contributed by atoms with Crippen molar-refractivity contribution in [2.45, 2.75) is 103 Å². The average Bonchev–Trinajstić information content (AvgIpc) is 2.43. The highest BCUT2D eigenvalue weighted by Crippen LogP contribution is 2.43. The van der Waals surface area contributed by atoms with Gasteiger partial charge in [-0.1, -0.05) is 41.5 Å². The fraction of sp³-hybridized carbons (Fsp3) is 0.889. The first-order valence-electron chi connectivity index (χ1n) is 9.29. The number of aliphatic carboxylic acids is 1. The molecule has 154 valence electrons. The maximum Gasteiger partial charge on any atom is 0.407 e. The lowest BCUT2D eigenvalue weighted by atomic mass is 10.1. The molecule has 6 nitrogen and oxygen atoms in total. The molecule has 0 aliphatic rings. The quantitative estimate of drug-likeness (QED) is 0.534. The third-order valence-electron chi connectivity index (χ3n) is 4.73. The zero-order valence-corrected chi connectivity index (χ0v) is 18.5. The number of nitrogens with one attached hydrogen (secondary N) is 1. The Kier molecular flexibility index (Phi) is 9.80. The molecule has 0 aliphatic carbocycles. The van der Waals surface area contributed by atoms with Crippen molar-refractivity contribution in [2.75, 3.05) is 0 Å². The molecule has 26 heavy (non-hydrogen) atoms. The van der Waals surface area contributed by atoms with Crippen molar-refractivity contribution in [2.24, 2.45) is 0 Å². The van der Waals surface area contributed by atoms with Crippen LogP contribution in [-0.4, -0.2) is 49.9 Å². The van der Waals surface area contributed by atoms with Gasteiger partial charge in [0.1, 0.15) is 6.17 Å². The van der Waals surface area contributed by atoms with Gasteiger partial charge in [0, 0.05) is 0 Å². The van der Waals surface area contributed by atoms with Crippen molar-refractivity contribution < 1.29 is 28.2 Å². The van der Waals surface area contributed by atoms with Gasteiger partial charge in [-0.15, -0.1) is 0 Å². The van der Waals surface area contributed by atoms with Gasteiger partial charge in [-0.25, -0.2) is 14.0 Å². The first kappa shape index (κ1) is 24.8. The van der Waals surface area contributed by atoms with Crippen LogP contribution in [0, 0.1) is 0 Å². The van der Waals surface area contributed by atoms with E-state index in [-0.39, 0.29) is 16.6 Å². The van der Waals surface area contributed by atoms with E-state index >= 15 is 0 Å². The summed E-state index contributed by atoms with van der Waals surface area (Å²) in [6.07, 6.45) is -4.34. The van der Waals surface area contributed by atoms with Gasteiger partial charge >= 0.3 is 12.1 Å². The highest BCUT2D eigenvalue weighted by molar-refractivity contribution is 6.77. The second kappa shape index (κ2) is 10.3. The van der Waals surface area contributed by atoms with Gasteiger partial charge in [0.2, 0.25) is 8.32 Å². The summed E-state index contributed by atoms with van der Waals surface area (Å²) in [5.41, 5.74) is 0.382. The van der Waals surface area contributed by atoms with E-state index < -0.39 is 44.8 Å². The van der Waals surface area contributed by atoms with Crippen molar-refractivity contribution in [1.29, 1.82) is 0 Å². The molecule has 0 rings (SSSR count). The molecule has 0 aliphatic heterocycles. The second-order valence-corrected chi connectivity index (χ2v) is 13.4. The Morgan fingerprint density at radius 2 is 1.35 bits per heavy atom. The maximum absolute atomic E-state index is 14.3. The lowest BCUT2D eigenvalue weighted by molar-refractivity contribution is -0.148. The van der Waals surface area contributed by atoms with Crippen molar-refractivity contribution >= 4 is 20.4 Å². The lowest BCUT2D eigenvalue weighted by Gasteiger charge is -2.45.